The maximum absolute atomic E-state index is 11.8. The van der Waals surface area contributed by atoms with E-state index in [0.29, 0.717) is 13.0 Å². The van der Waals surface area contributed by atoms with Gasteiger partial charge in [-0.05, 0) is 19.5 Å². The van der Waals surface area contributed by atoms with Crippen LogP contribution in [0.1, 0.15) is 19.8 Å². The number of hydrogen-bond donors (Lipinski definition) is 1. The van der Waals surface area contributed by atoms with Crippen molar-refractivity contribution in [3.63, 3.8) is 0 Å². The van der Waals surface area contributed by atoms with Crippen LogP contribution in [0.25, 0.3) is 0 Å². The molecule has 0 rings (SSSR count). The second-order valence-electron chi connectivity index (χ2n) is 2.65. The van der Waals surface area contributed by atoms with E-state index in [4.69, 9.17) is 0 Å². The van der Waals surface area contributed by atoms with Gasteiger partial charge < -0.3 is 5.32 Å². The van der Waals surface area contributed by atoms with E-state index in [2.05, 4.69) is 5.32 Å². The van der Waals surface area contributed by atoms with Crippen LogP contribution in [0.15, 0.2) is 0 Å². The topological polar surface area (TPSA) is 12.0 Å². The van der Waals surface area contributed by atoms with Crippen LogP contribution in [-0.2, 0) is 0 Å². The normalized spacial score (nSPS) is 15.0. The summed E-state index contributed by atoms with van der Waals surface area (Å²) in [6.07, 6.45) is -4.12. The van der Waals surface area contributed by atoms with Crippen LogP contribution in [0.5, 0.6) is 0 Å². The van der Waals surface area contributed by atoms with Gasteiger partial charge >= 0.3 is 6.18 Å². The van der Waals surface area contributed by atoms with Crippen LogP contribution in [0, 0.1) is 5.92 Å². The van der Waals surface area contributed by atoms with Gasteiger partial charge in [-0.15, -0.1) is 0 Å². The summed E-state index contributed by atoms with van der Waals surface area (Å²) in [6.45, 7) is 2.21. The lowest BCUT2D eigenvalue weighted by molar-refractivity contribution is -0.144. The van der Waals surface area contributed by atoms with E-state index < -0.39 is 12.6 Å². The number of hydrogen-bond acceptors (Lipinski definition) is 1. The minimum Gasteiger partial charge on any atom is -0.319 e. The molecule has 0 aliphatic heterocycles. The van der Waals surface area contributed by atoms with Gasteiger partial charge in [0.1, 0.15) is 0 Å². The first-order valence-corrected chi connectivity index (χ1v) is 3.71. The van der Waals surface area contributed by atoms with Crippen LogP contribution in [-0.4, -0.2) is 19.8 Å². The molecule has 11 heavy (non-hydrogen) atoms. The highest BCUT2D eigenvalue weighted by Gasteiger charge is 2.30. The van der Waals surface area contributed by atoms with E-state index in [-0.39, 0.29) is 5.92 Å². The SMILES string of the molecule is CCC(CNC)CC(F)(F)F. The number of alkyl halides is 3. The zero-order chi connectivity index (χ0) is 8.91. The van der Waals surface area contributed by atoms with Gasteiger partial charge in [0.05, 0.1) is 0 Å². The van der Waals surface area contributed by atoms with Crippen LogP contribution >= 0.6 is 0 Å². The zero-order valence-electron chi connectivity index (χ0n) is 6.83. The molecule has 4 heteroatoms. The molecular formula is C7H14F3N. The Morgan fingerprint density at radius 3 is 2.18 bits per heavy atom. The Hall–Kier alpha value is -0.250. The molecule has 0 saturated carbocycles. The first kappa shape index (κ1) is 10.8. The van der Waals surface area contributed by atoms with Gasteiger partial charge in [-0.1, -0.05) is 13.3 Å². The summed E-state index contributed by atoms with van der Waals surface area (Å²) in [5.41, 5.74) is 0. The molecule has 0 bridgehead atoms. The van der Waals surface area contributed by atoms with Crippen LogP contribution in [0.2, 0.25) is 0 Å². The van der Waals surface area contributed by atoms with Crippen molar-refractivity contribution in [1.82, 2.24) is 5.32 Å². The molecule has 0 aliphatic carbocycles. The fraction of sp³-hybridized carbons (Fsp3) is 1.00. The summed E-state index contributed by atoms with van der Waals surface area (Å²) in [5, 5.41) is 2.74. The quantitative estimate of drug-likeness (QED) is 0.680. The summed E-state index contributed by atoms with van der Waals surface area (Å²) in [4.78, 5) is 0. The monoisotopic (exact) mass is 169 g/mol. The molecule has 1 atom stereocenters. The zero-order valence-corrected chi connectivity index (χ0v) is 6.83. The molecule has 0 aromatic rings. The van der Waals surface area contributed by atoms with Crippen LogP contribution in [0.3, 0.4) is 0 Å². The molecule has 0 aliphatic rings. The van der Waals surface area contributed by atoms with Crippen molar-refractivity contribution in [3.05, 3.63) is 0 Å². The van der Waals surface area contributed by atoms with Gasteiger partial charge in [-0.25, -0.2) is 0 Å². The molecule has 0 heterocycles. The van der Waals surface area contributed by atoms with Crippen molar-refractivity contribution in [1.29, 1.82) is 0 Å². The van der Waals surface area contributed by atoms with E-state index in [9.17, 15) is 13.2 Å². The second-order valence-corrected chi connectivity index (χ2v) is 2.65. The van der Waals surface area contributed by atoms with Crippen molar-refractivity contribution in [2.24, 2.45) is 5.92 Å². The van der Waals surface area contributed by atoms with Crippen molar-refractivity contribution in [2.45, 2.75) is 25.9 Å². The first-order valence-electron chi connectivity index (χ1n) is 3.71. The highest BCUT2D eigenvalue weighted by atomic mass is 19.4. The van der Waals surface area contributed by atoms with E-state index in [1.807, 2.05) is 0 Å². The molecule has 0 radical (unpaired) electrons. The summed E-state index contributed by atoms with van der Waals surface area (Å²) in [7, 11) is 1.67. The van der Waals surface area contributed by atoms with E-state index in [1.54, 1.807) is 14.0 Å². The lowest BCUT2D eigenvalue weighted by atomic mass is 10.0. The molecule has 1 unspecified atom stereocenters. The van der Waals surface area contributed by atoms with Gasteiger partial charge in [0.2, 0.25) is 0 Å². The lowest BCUT2D eigenvalue weighted by Crippen LogP contribution is -2.23. The maximum Gasteiger partial charge on any atom is 0.389 e. The highest BCUT2D eigenvalue weighted by Crippen LogP contribution is 2.25. The Bertz CT molecular complexity index is 100. The van der Waals surface area contributed by atoms with Gasteiger partial charge in [-0.3, -0.25) is 0 Å². The predicted octanol–water partition coefficient (Wildman–Crippen LogP) is 2.18. The fourth-order valence-corrected chi connectivity index (χ4v) is 0.977. The predicted molar refractivity (Wildman–Crippen MR) is 38.4 cm³/mol. The van der Waals surface area contributed by atoms with Crippen molar-refractivity contribution in [3.8, 4) is 0 Å². The fourth-order valence-electron chi connectivity index (χ4n) is 0.977. The molecular weight excluding hydrogens is 155 g/mol. The Morgan fingerprint density at radius 1 is 1.36 bits per heavy atom. The third-order valence-electron chi connectivity index (χ3n) is 1.59. The molecule has 0 aromatic carbocycles. The van der Waals surface area contributed by atoms with Gasteiger partial charge in [0.15, 0.2) is 0 Å². The Morgan fingerprint density at radius 2 is 1.91 bits per heavy atom. The second kappa shape index (κ2) is 4.59. The van der Waals surface area contributed by atoms with Gasteiger partial charge in [0.25, 0.3) is 0 Å². The lowest BCUT2D eigenvalue weighted by Gasteiger charge is -2.15. The molecule has 1 N–H and O–H groups in total. The summed E-state index contributed by atoms with van der Waals surface area (Å²) < 4.78 is 35.4. The first-order chi connectivity index (χ1) is 4.99. The summed E-state index contributed by atoms with van der Waals surface area (Å²) in [5.74, 6) is -0.278. The third kappa shape index (κ3) is 6.16. The molecule has 0 spiro atoms. The van der Waals surface area contributed by atoms with Gasteiger partial charge in [-0.2, -0.15) is 13.2 Å². The minimum atomic E-state index is -4.02. The van der Waals surface area contributed by atoms with Crippen molar-refractivity contribution in [2.75, 3.05) is 13.6 Å². The van der Waals surface area contributed by atoms with E-state index >= 15 is 0 Å². The molecule has 0 fully saturated rings. The Kier molecular flexibility index (Phi) is 4.49. The molecule has 68 valence electrons. The molecule has 1 nitrogen and oxygen atoms in total. The molecule has 0 amide bonds. The van der Waals surface area contributed by atoms with Crippen molar-refractivity contribution >= 4 is 0 Å². The smallest absolute Gasteiger partial charge is 0.319 e. The number of nitrogens with one attached hydrogen (secondary N) is 1. The molecule has 0 aromatic heterocycles. The summed E-state index contributed by atoms with van der Waals surface area (Å²) in [6, 6.07) is 0. The minimum absolute atomic E-state index is 0.278. The maximum atomic E-state index is 11.8. The third-order valence-corrected chi connectivity index (χ3v) is 1.59. The average Bonchev–Trinajstić information content (AvgIpc) is 1.84. The number of halogens is 3. The number of rotatable bonds is 4. The van der Waals surface area contributed by atoms with E-state index in [0.717, 1.165) is 0 Å². The van der Waals surface area contributed by atoms with Crippen LogP contribution < -0.4 is 5.32 Å². The molecule has 0 saturated heterocycles. The van der Waals surface area contributed by atoms with E-state index in [1.165, 1.54) is 0 Å². The highest BCUT2D eigenvalue weighted by molar-refractivity contribution is 4.63. The average molecular weight is 169 g/mol. The standard InChI is InChI=1S/C7H14F3N/c1-3-6(5-11-2)4-7(8,9)10/h6,11H,3-5H2,1-2H3. The van der Waals surface area contributed by atoms with Gasteiger partial charge in [0, 0.05) is 6.42 Å². The van der Waals surface area contributed by atoms with Crippen LogP contribution in [0.4, 0.5) is 13.2 Å². The Labute approximate surface area is 65.0 Å². The Balaban J connectivity index is 3.68. The van der Waals surface area contributed by atoms with Crippen molar-refractivity contribution < 1.29 is 13.2 Å². The summed E-state index contributed by atoms with van der Waals surface area (Å²) >= 11 is 0. The largest absolute Gasteiger partial charge is 0.389 e.